The molecule has 3 aliphatic heterocycles. The van der Waals surface area contributed by atoms with Crippen molar-refractivity contribution in [1.29, 1.82) is 0 Å². The Labute approximate surface area is 883 Å². The number of amides is 12. The molecular weight excluding hydrogens is 2030 g/mol. The Morgan fingerprint density at radius 3 is 0.813 bits per heavy atom. The van der Waals surface area contributed by atoms with E-state index in [0.29, 0.717) is 0 Å². The number of aliphatic hydroxyl groups is 6. The maximum Gasteiger partial charge on any atom is 0.437 e. The average Bonchev–Trinajstić information content (AvgIpc) is 1.36. The minimum Gasteiger partial charge on any atom is -0.444 e. The predicted octanol–water partition coefficient (Wildman–Crippen LogP) is 7.47. The predicted molar refractivity (Wildman–Crippen MR) is 545 cm³/mol. The first-order valence-corrected chi connectivity index (χ1v) is 50.1. The molecule has 0 aromatic heterocycles. The Balaban J connectivity index is 2.44. The summed E-state index contributed by atoms with van der Waals surface area (Å²) in [4.78, 5) is 192. The summed E-state index contributed by atoms with van der Waals surface area (Å²) in [6.45, 7) is 52.2. The van der Waals surface area contributed by atoms with Crippen molar-refractivity contribution in [2.75, 3.05) is 43.6 Å². The molecule has 150 heavy (non-hydrogen) atoms. The first-order chi connectivity index (χ1) is 68.1. The van der Waals surface area contributed by atoms with Gasteiger partial charge in [-0.1, -0.05) is 0 Å². The molecule has 55 nitrogen and oxygen atoms in total. The second kappa shape index (κ2) is 54.8. The summed E-state index contributed by atoms with van der Waals surface area (Å²) in [6, 6.07) is -8.23. The zero-order valence-electron chi connectivity index (χ0n) is 92.5. The van der Waals surface area contributed by atoms with Crippen molar-refractivity contribution < 1.29 is 178 Å². The van der Waals surface area contributed by atoms with Crippen LogP contribution < -0.4 is 63.8 Å². The molecule has 19 unspecified atom stereocenters. The molecule has 0 aromatic carbocycles. The van der Waals surface area contributed by atoms with Gasteiger partial charge in [0.1, 0.15) is 146 Å². The molecule has 12 amide bonds. The molecule has 0 radical (unpaired) electrons. The summed E-state index contributed by atoms with van der Waals surface area (Å²) in [5, 5.41) is 109. The van der Waals surface area contributed by atoms with E-state index < -0.39 is 312 Å². The van der Waals surface area contributed by atoms with Gasteiger partial charge in [-0.2, -0.15) is 24.4 Å². The minimum absolute atomic E-state index is 0.0336. The lowest BCUT2D eigenvalue weighted by Crippen LogP contribution is -2.71. The Hall–Kier alpha value is -10.6. The fraction of sp³-hybridized carbons (Fsp3) is 0.806. The molecule has 0 aromatic rings. The van der Waals surface area contributed by atoms with Crippen molar-refractivity contribution in [1.82, 2.24) is 63.8 Å². The maximum atomic E-state index is 14.5. The normalized spacial score (nSPS) is 24.9. The molecule has 0 spiro atoms. The van der Waals surface area contributed by atoms with Gasteiger partial charge in [0.25, 0.3) is 0 Å². The molecule has 858 valence electrons. The molecule has 4 aliphatic rings. The molecule has 1 aliphatic carbocycles. The minimum atomic E-state index is -2.46. The van der Waals surface area contributed by atoms with Crippen molar-refractivity contribution in [3.8, 4) is 0 Å². The second-order valence-corrected chi connectivity index (χ2v) is 48.1. The number of carbonyl (C=O) groups excluding carboxylic acids is 12. The summed E-state index contributed by atoms with van der Waals surface area (Å²) in [5.41, 5.74) is -15.3. The number of carbonyl (C=O) groups is 12. The third-order valence-corrected chi connectivity index (χ3v) is 19.1. The van der Waals surface area contributed by atoms with Crippen LogP contribution in [-0.2, 0) is 90.0 Å². The Bertz CT molecular complexity index is 4730. The highest BCUT2D eigenvalue weighted by atomic mass is 32.2. The second-order valence-electron chi connectivity index (χ2n) is 46.5. The van der Waals surface area contributed by atoms with Crippen LogP contribution in [0.25, 0.3) is 0 Å². The van der Waals surface area contributed by atoms with Crippen LogP contribution >= 0.6 is 24.4 Å². The highest BCUT2D eigenvalue weighted by molar-refractivity contribution is 7.99. The van der Waals surface area contributed by atoms with E-state index in [9.17, 15) is 88.2 Å². The summed E-state index contributed by atoms with van der Waals surface area (Å²) >= 11 is 5.37. The van der Waals surface area contributed by atoms with Gasteiger partial charge in [-0.15, -0.1) is 30.0 Å². The quantitative estimate of drug-likeness (QED) is 0.0174. The van der Waals surface area contributed by atoms with Crippen LogP contribution in [0.3, 0.4) is 0 Å². The molecule has 19 atom stereocenters. The van der Waals surface area contributed by atoms with E-state index in [4.69, 9.17) is 90.0 Å². The largest absolute Gasteiger partial charge is 0.444 e. The highest BCUT2D eigenvalue weighted by Gasteiger charge is 2.58. The van der Waals surface area contributed by atoms with Crippen molar-refractivity contribution >= 4 is 133 Å². The number of ether oxygens (including phenoxy) is 19. The zero-order chi connectivity index (χ0) is 115. The first kappa shape index (κ1) is 132. The van der Waals surface area contributed by atoms with Gasteiger partial charge in [0.15, 0.2) is 18.9 Å². The van der Waals surface area contributed by atoms with Crippen molar-refractivity contribution in [3.63, 3.8) is 0 Å². The summed E-state index contributed by atoms with van der Waals surface area (Å²) in [7, 11) is 0. The van der Waals surface area contributed by atoms with E-state index in [1.54, 1.807) is 0 Å². The highest BCUT2D eigenvalue weighted by Crippen LogP contribution is 2.38. The number of thiol groups is 1. The van der Waals surface area contributed by atoms with Crippen LogP contribution in [0.2, 0.25) is 0 Å². The van der Waals surface area contributed by atoms with Gasteiger partial charge in [0.2, 0.25) is 35.8 Å². The number of rotatable bonds is 21. The number of hydrogen-bond donors (Lipinski definition) is 19. The van der Waals surface area contributed by atoms with E-state index in [1.807, 2.05) is 0 Å². The molecule has 3 heterocycles. The van der Waals surface area contributed by atoms with Crippen LogP contribution in [0.15, 0.2) is 30.0 Å². The van der Waals surface area contributed by atoms with E-state index >= 15 is 0 Å². The van der Waals surface area contributed by atoms with Crippen LogP contribution in [0.5, 0.6) is 0 Å². The van der Waals surface area contributed by atoms with Crippen molar-refractivity contribution in [3.05, 3.63) is 0 Å². The third-order valence-electron chi connectivity index (χ3n) is 17.9. The Morgan fingerprint density at radius 1 is 0.287 bits per heavy atom. The van der Waals surface area contributed by atoms with Crippen molar-refractivity contribution in [2.45, 2.75) is 439 Å². The number of thioether (sulfide) groups is 1. The van der Waals surface area contributed by atoms with E-state index in [2.05, 4.69) is 106 Å². The van der Waals surface area contributed by atoms with Gasteiger partial charge in [-0.25, -0.2) is 57.5 Å². The lowest BCUT2D eigenvalue weighted by Gasteiger charge is -2.49. The molecule has 18 N–H and O–H groups in total. The van der Waals surface area contributed by atoms with Gasteiger partial charge in [0.05, 0.1) is 31.4 Å². The number of nitrogens with zero attached hydrogens (tertiary/aromatic N) is 6. The van der Waals surface area contributed by atoms with Crippen LogP contribution in [0.4, 0.5) is 57.5 Å². The maximum absolute atomic E-state index is 14.5. The van der Waals surface area contributed by atoms with Gasteiger partial charge < -0.3 is 153 Å². The third kappa shape index (κ3) is 53.1. The standard InChI is InChI=1S/C93H162N18O37S2/c1-82(2,3)137-70(118)100-64(101-71(119)138-83(4,5)6)94-42-47-53(113)55(115)50(98-68(108-78(126)145-90(25,26)27)109-79(127)146-91(28,29)30)61(131-47)134-58-46(97-67(106-76(124)143-88(19,20)21)107-77(125)144-89(22,23)24)41-45(96-66(104-74(122)141-86(13,14)15)105-75(123)142-87(16,17)18)52(112)60(58)136-63-57(117)59(49(133-63)44-150-40-38-130-37-39-149)135-62-51(99-69(110-80(128)147-92(31,32)33)111-81(129)148-93(34,35)36)56(116)54(114)48(132-62)43-95-65(102-72(120)139-84(7,8)9)103-73(121)140-85(10,11)12/h45-63,112-117,149H,37-44H2,1-36H3,(H2,94,100,101,118,119)(H2,95,102,103,120,121)(H2,96,104,105,122,123)(H2,97,106,107,124,125)(H2,98,108,109,126,127)(H2,99,110,111,128,129). The number of nitrogens with one attached hydrogen (secondary N) is 12. The lowest BCUT2D eigenvalue weighted by atomic mass is 9.83. The number of alkyl carbamates (subject to hydrolysis) is 6. The summed E-state index contributed by atoms with van der Waals surface area (Å²) < 4.78 is 114. The molecule has 1 saturated carbocycles. The van der Waals surface area contributed by atoms with E-state index in [0.717, 1.165) is 11.8 Å². The Morgan fingerprint density at radius 2 is 0.533 bits per heavy atom. The first-order valence-electron chi connectivity index (χ1n) is 48.3. The zero-order valence-corrected chi connectivity index (χ0v) is 94.2. The van der Waals surface area contributed by atoms with Gasteiger partial charge in [0, 0.05) is 30.3 Å². The smallest absolute Gasteiger partial charge is 0.437 e. The van der Waals surface area contributed by atoms with Crippen LogP contribution in [0.1, 0.15) is 256 Å². The number of hydrogen-bond acceptors (Lipinski definition) is 39. The molecule has 4 rings (SSSR count). The fourth-order valence-electron chi connectivity index (χ4n) is 13.0. The average molecular weight is 2190 g/mol. The monoisotopic (exact) mass is 2190 g/mol. The number of aliphatic hydroxyl groups excluding tert-OH is 6. The molecule has 0 bridgehead atoms. The molecule has 57 heteroatoms. The molecule has 4 fully saturated rings. The van der Waals surface area contributed by atoms with Gasteiger partial charge in [-0.05, 0) is 256 Å². The summed E-state index contributed by atoms with van der Waals surface area (Å²) in [5.74, 6) is -4.96. The van der Waals surface area contributed by atoms with Gasteiger partial charge >= 0.3 is 73.1 Å². The topological polar surface area (TPSA) is 720 Å². The van der Waals surface area contributed by atoms with E-state index in [-0.39, 0.29) is 30.5 Å². The Kier molecular flexibility index (Phi) is 48.1. The fourth-order valence-corrected chi connectivity index (χ4v) is 14.0. The molecular formula is C93H162N18O37S2. The van der Waals surface area contributed by atoms with Crippen LogP contribution in [0, 0.1) is 0 Å². The lowest BCUT2D eigenvalue weighted by molar-refractivity contribution is -0.310. The van der Waals surface area contributed by atoms with Crippen molar-refractivity contribution in [2.24, 2.45) is 30.0 Å². The van der Waals surface area contributed by atoms with Crippen LogP contribution in [-0.4, -0.2) is 367 Å². The number of guanidine groups is 6. The summed E-state index contributed by atoms with van der Waals surface area (Å²) in [6.07, 6.45) is -50.1. The van der Waals surface area contributed by atoms with Gasteiger partial charge in [-0.3, -0.25) is 31.9 Å². The number of aliphatic imine (C=N–C) groups is 6. The van der Waals surface area contributed by atoms with E-state index in [1.165, 1.54) is 249 Å². The SMILES string of the molecule is CC(C)(C)OC(=O)/N=C(/NCC1OC(OC2C(CSCCOCCS)OC(OC3C(O)C(N/C(=N/C(=O)OC(C)(C)C)NC(=O)OC(C)(C)C)CC(N/C(=N/C(=O)OC(C)(C)C)NC(=O)OC(C)(C)C)C3OC3OC(CN/C(=N\C(=O)OC(C)(C)C)NC(=O)OC(C)(C)C)C(O)C(O)C3N/C(=N\C(=O)OC(C)(C)C)NC(=O)OC(C)(C)C)C2O)C(N/C(=N\C(=O)OC(C)(C)C)NC(=O)OC(C)(C)C)C(O)C1O)NC(=O)OC(C)(C)C. The molecule has 3 saturated heterocycles.